The summed E-state index contributed by atoms with van der Waals surface area (Å²) in [6, 6.07) is 0. The van der Waals surface area contributed by atoms with Crippen LogP contribution < -0.4 is 12.4 Å². The van der Waals surface area contributed by atoms with Gasteiger partial charge in [-0.05, 0) is 26.2 Å². The van der Waals surface area contributed by atoms with Gasteiger partial charge in [0.05, 0.1) is 27.7 Å². The lowest BCUT2D eigenvalue weighted by Crippen LogP contribution is -3.00. The summed E-state index contributed by atoms with van der Waals surface area (Å²) < 4.78 is 5.72. The Kier molecular flexibility index (Phi) is 10.3. The van der Waals surface area contributed by atoms with Crippen LogP contribution in [-0.2, 0) is 9.53 Å². The summed E-state index contributed by atoms with van der Waals surface area (Å²) in [4.78, 5) is 11.1. The van der Waals surface area contributed by atoms with Crippen LogP contribution in [0.1, 0.15) is 26.2 Å². The lowest BCUT2D eigenvalue weighted by molar-refractivity contribution is -0.873. The van der Waals surface area contributed by atoms with Crippen LogP contribution in [0.25, 0.3) is 0 Å². The number of hydrogen-bond donors (Lipinski definition) is 1. The smallest absolute Gasteiger partial charge is 0.333 e. The average molecular weight is 280 g/mol. The van der Waals surface area contributed by atoms with Crippen molar-refractivity contribution in [3.8, 4) is 0 Å². The maximum Gasteiger partial charge on any atom is 0.333 e. The van der Waals surface area contributed by atoms with E-state index in [9.17, 15) is 9.90 Å². The largest absolute Gasteiger partial charge is 1.00 e. The van der Waals surface area contributed by atoms with E-state index in [4.69, 9.17) is 4.74 Å². The van der Waals surface area contributed by atoms with Crippen LogP contribution in [-0.4, -0.2) is 56.0 Å². The summed E-state index contributed by atoms with van der Waals surface area (Å²) in [5, 5.41) is 9.74. The number of rotatable bonds is 8. The Hall–Kier alpha value is -0.580. The summed E-state index contributed by atoms with van der Waals surface area (Å²) >= 11 is 0. The Labute approximate surface area is 117 Å². The molecule has 0 radical (unpaired) electrons. The molecule has 0 aliphatic heterocycles. The maximum absolute atomic E-state index is 11.1. The van der Waals surface area contributed by atoms with Crippen molar-refractivity contribution in [3.63, 3.8) is 0 Å². The highest BCUT2D eigenvalue weighted by molar-refractivity contribution is 5.86. The molecule has 0 fully saturated rings. The maximum atomic E-state index is 11.1. The molecule has 0 spiro atoms. The first-order chi connectivity index (χ1) is 7.72. The number of hydrogen-bond acceptors (Lipinski definition) is 3. The van der Waals surface area contributed by atoms with Crippen molar-refractivity contribution in [3.05, 3.63) is 12.2 Å². The van der Waals surface area contributed by atoms with Gasteiger partial charge >= 0.3 is 5.97 Å². The van der Waals surface area contributed by atoms with Gasteiger partial charge in [0.1, 0.15) is 12.6 Å². The number of nitrogens with zero attached hydrogens (tertiary/aromatic N) is 1. The van der Waals surface area contributed by atoms with E-state index in [1.807, 2.05) is 0 Å². The van der Waals surface area contributed by atoms with E-state index in [1.54, 1.807) is 6.92 Å². The van der Waals surface area contributed by atoms with E-state index in [0.29, 0.717) is 12.2 Å². The standard InChI is InChI=1S/C13H26NO3.ClH/c1-11(2)13(16)17-9-7-6-8-12(15)10-14(3,4)5;/h12,15H,1,6-10H2,2-5H3;1H/q+1;/p-1. The SMILES string of the molecule is C=C(C)C(=O)OCCCCC(O)C[N+](C)(C)C.[Cl-]. The second-order valence-corrected chi connectivity index (χ2v) is 5.54. The van der Waals surface area contributed by atoms with E-state index in [1.165, 1.54) is 0 Å². The summed E-state index contributed by atoms with van der Waals surface area (Å²) in [7, 11) is 6.16. The van der Waals surface area contributed by atoms with Crippen molar-refractivity contribution in [1.29, 1.82) is 0 Å². The van der Waals surface area contributed by atoms with Crippen molar-refractivity contribution in [1.82, 2.24) is 0 Å². The number of esters is 1. The summed E-state index contributed by atoms with van der Waals surface area (Å²) in [5.74, 6) is -0.336. The first-order valence-electron chi connectivity index (χ1n) is 6.03. The van der Waals surface area contributed by atoms with Crippen LogP contribution in [0, 0.1) is 0 Å². The molecule has 0 aromatic carbocycles. The summed E-state index contributed by atoms with van der Waals surface area (Å²) in [6.45, 7) is 6.29. The number of aliphatic hydroxyl groups is 1. The molecule has 1 unspecified atom stereocenters. The lowest BCUT2D eigenvalue weighted by Gasteiger charge is -2.26. The molecule has 0 aliphatic rings. The predicted molar refractivity (Wildman–Crippen MR) is 68.5 cm³/mol. The van der Waals surface area contributed by atoms with E-state index < -0.39 is 0 Å². The fourth-order valence-corrected chi connectivity index (χ4v) is 1.49. The van der Waals surface area contributed by atoms with E-state index >= 15 is 0 Å². The number of carbonyl (C=O) groups excluding carboxylic acids is 1. The highest BCUT2D eigenvalue weighted by Gasteiger charge is 2.14. The zero-order chi connectivity index (χ0) is 13.5. The van der Waals surface area contributed by atoms with Gasteiger partial charge in [0.15, 0.2) is 0 Å². The number of likely N-dealkylation sites (N-methyl/N-ethyl adjacent to an activating group) is 1. The Morgan fingerprint density at radius 3 is 2.33 bits per heavy atom. The van der Waals surface area contributed by atoms with Crippen LogP contribution >= 0.6 is 0 Å². The quantitative estimate of drug-likeness (QED) is 0.251. The average Bonchev–Trinajstić information content (AvgIpc) is 2.13. The zero-order valence-electron chi connectivity index (χ0n) is 11.9. The fourth-order valence-electron chi connectivity index (χ4n) is 1.49. The molecule has 0 aromatic heterocycles. The van der Waals surface area contributed by atoms with Gasteiger partial charge < -0.3 is 26.7 Å². The molecule has 0 rings (SSSR count). The first-order valence-corrected chi connectivity index (χ1v) is 6.03. The summed E-state index contributed by atoms with van der Waals surface area (Å²) in [6.07, 6.45) is 2.12. The molecule has 4 nitrogen and oxygen atoms in total. The summed E-state index contributed by atoms with van der Waals surface area (Å²) in [5.41, 5.74) is 0.426. The molecular formula is C13H26ClNO3. The molecule has 1 atom stereocenters. The highest BCUT2D eigenvalue weighted by atomic mass is 35.5. The second kappa shape index (κ2) is 9.36. The van der Waals surface area contributed by atoms with Gasteiger partial charge in [-0.2, -0.15) is 0 Å². The first kappa shape index (κ1) is 19.8. The van der Waals surface area contributed by atoms with Crippen molar-refractivity contribution >= 4 is 5.97 Å². The van der Waals surface area contributed by atoms with Gasteiger partial charge in [-0.25, -0.2) is 4.79 Å². The third-order valence-electron chi connectivity index (χ3n) is 2.27. The van der Waals surface area contributed by atoms with E-state index in [2.05, 4.69) is 27.7 Å². The highest BCUT2D eigenvalue weighted by Crippen LogP contribution is 2.05. The zero-order valence-corrected chi connectivity index (χ0v) is 12.7. The monoisotopic (exact) mass is 279 g/mol. The minimum absolute atomic E-state index is 0. The van der Waals surface area contributed by atoms with Crippen molar-refractivity contribution in [2.75, 3.05) is 34.3 Å². The molecule has 0 saturated carbocycles. The van der Waals surface area contributed by atoms with Gasteiger partial charge in [-0.15, -0.1) is 0 Å². The number of carbonyl (C=O) groups is 1. The molecule has 0 bridgehead atoms. The fraction of sp³-hybridized carbons (Fsp3) is 0.769. The van der Waals surface area contributed by atoms with Gasteiger partial charge in [-0.3, -0.25) is 0 Å². The minimum atomic E-state index is -0.336. The van der Waals surface area contributed by atoms with E-state index in [0.717, 1.165) is 30.3 Å². The molecule has 18 heavy (non-hydrogen) atoms. The Morgan fingerprint density at radius 2 is 1.89 bits per heavy atom. The van der Waals surface area contributed by atoms with E-state index in [-0.39, 0.29) is 24.5 Å². The lowest BCUT2D eigenvalue weighted by atomic mass is 10.1. The molecule has 0 heterocycles. The van der Waals surface area contributed by atoms with Crippen LogP contribution in [0.15, 0.2) is 12.2 Å². The molecule has 0 aliphatic carbocycles. The minimum Gasteiger partial charge on any atom is -1.00 e. The third-order valence-corrected chi connectivity index (χ3v) is 2.27. The van der Waals surface area contributed by atoms with Gasteiger partial charge in [0.25, 0.3) is 0 Å². The Bertz CT molecular complexity index is 261. The number of aliphatic hydroxyl groups excluding tert-OH is 1. The Morgan fingerprint density at radius 1 is 1.33 bits per heavy atom. The normalized spacial score (nSPS) is 12.5. The van der Waals surface area contributed by atoms with Gasteiger partial charge in [0.2, 0.25) is 0 Å². The molecule has 0 saturated heterocycles. The topological polar surface area (TPSA) is 46.5 Å². The molecular weight excluding hydrogens is 254 g/mol. The van der Waals surface area contributed by atoms with Gasteiger partial charge in [0, 0.05) is 5.57 Å². The molecule has 0 aromatic rings. The van der Waals surface area contributed by atoms with Crippen molar-refractivity contribution in [2.24, 2.45) is 0 Å². The molecule has 5 heteroatoms. The van der Waals surface area contributed by atoms with Crippen LogP contribution in [0.5, 0.6) is 0 Å². The van der Waals surface area contributed by atoms with Crippen LogP contribution in [0.4, 0.5) is 0 Å². The van der Waals surface area contributed by atoms with Gasteiger partial charge in [-0.1, -0.05) is 6.58 Å². The second-order valence-electron chi connectivity index (χ2n) is 5.54. The number of unbranched alkanes of at least 4 members (excludes halogenated alkanes) is 1. The molecule has 1 N–H and O–H groups in total. The Balaban J connectivity index is 0. The molecule has 0 amide bonds. The van der Waals surface area contributed by atoms with Crippen LogP contribution in [0.3, 0.4) is 0 Å². The number of halogens is 1. The molecule has 108 valence electrons. The van der Waals surface area contributed by atoms with Crippen LogP contribution in [0.2, 0.25) is 0 Å². The number of quaternary nitrogens is 1. The number of ether oxygens (including phenoxy) is 1. The third kappa shape index (κ3) is 11.9. The predicted octanol–water partition coefficient (Wildman–Crippen LogP) is -1.65. The van der Waals surface area contributed by atoms with Crippen molar-refractivity contribution < 1.29 is 31.5 Å². The van der Waals surface area contributed by atoms with Crippen molar-refractivity contribution in [2.45, 2.75) is 32.3 Å².